The van der Waals surface area contributed by atoms with E-state index in [-0.39, 0.29) is 6.03 Å². The molecule has 1 aromatic carbocycles. The topological polar surface area (TPSA) is 57.7 Å². The van der Waals surface area contributed by atoms with Gasteiger partial charge in [-0.15, -0.1) is 0 Å². The van der Waals surface area contributed by atoms with Gasteiger partial charge in [0.2, 0.25) is 5.88 Å². The summed E-state index contributed by atoms with van der Waals surface area (Å²) in [5, 5.41) is 2.84. The van der Waals surface area contributed by atoms with Crippen LogP contribution in [0.4, 0.5) is 10.5 Å². The zero-order valence-corrected chi connectivity index (χ0v) is 13.7. The number of hydrogen-bond donors (Lipinski definition) is 1. The minimum Gasteiger partial charge on any atom is -0.439 e. The number of ether oxygens (including phenoxy) is 1. The molecule has 6 nitrogen and oxygen atoms in total. The van der Waals surface area contributed by atoms with Crippen LogP contribution in [0.2, 0.25) is 0 Å². The van der Waals surface area contributed by atoms with Crippen LogP contribution in [0, 0.1) is 0 Å². The molecule has 0 fully saturated rings. The normalized spacial score (nSPS) is 10.4. The molecule has 0 saturated heterocycles. The second-order valence-corrected chi connectivity index (χ2v) is 5.45. The van der Waals surface area contributed by atoms with E-state index in [1.54, 1.807) is 30.3 Å². The quantitative estimate of drug-likeness (QED) is 0.890. The van der Waals surface area contributed by atoms with Crippen molar-refractivity contribution in [2.45, 2.75) is 0 Å². The first-order valence-electron chi connectivity index (χ1n) is 7.40. The third-order valence-corrected chi connectivity index (χ3v) is 3.18. The van der Waals surface area contributed by atoms with E-state index in [1.807, 2.05) is 49.3 Å². The molecule has 0 aliphatic heterocycles. The number of para-hydroxylation sites is 1. The van der Waals surface area contributed by atoms with E-state index in [0.717, 1.165) is 6.54 Å². The van der Waals surface area contributed by atoms with Gasteiger partial charge in [-0.3, -0.25) is 0 Å². The van der Waals surface area contributed by atoms with E-state index >= 15 is 0 Å². The van der Waals surface area contributed by atoms with Crippen LogP contribution < -0.4 is 10.1 Å². The van der Waals surface area contributed by atoms with Gasteiger partial charge in [0.25, 0.3) is 0 Å². The molecule has 0 unspecified atom stereocenters. The van der Waals surface area contributed by atoms with Crippen molar-refractivity contribution in [3.8, 4) is 11.6 Å². The largest absolute Gasteiger partial charge is 0.439 e. The molecule has 2 aromatic rings. The van der Waals surface area contributed by atoms with Crippen molar-refractivity contribution in [1.29, 1.82) is 0 Å². The van der Waals surface area contributed by atoms with Crippen LogP contribution in [0.25, 0.3) is 0 Å². The van der Waals surface area contributed by atoms with Gasteiger partial charge < -0.3 is 19.9 Å². The van der Waals surface area contributed by atoms with Gasteiger partial charge in [0.05, 0.1) is 0 Å². The number of aromatic nitrogens is 1. The molecule has 2 amide bonds. The average Bonchev–Trinajstić information content (AvgIpc) is 2.53. The zero-order chi connectivity index (χ0) is 16.7. The first-order valence-corrected chi connectivity index (χ1v) is 7.40. The summed E-state index contributed by atoms with van der Waals surface area (Å²) in [5.74, 6) is 1.14. The van der Waals surface area contributed by atoms with E-state index < -0.39 is 0 Å². The zero-order valence-electron chi connectivity index (χ0n) is 13.7. The van der Waals surface area contributed by atoms with E-state index in [1.165, 1.54) is 0 Å². The number of nitrogens with one attached hydrogen (secondary N) is 1. The van der Waals surface area contributed by atoms with Gasteiger partial charge in [-0.25, -0.2) is 9.78 Å². The predicted molar refractivity (Wildman–Crippen MR) is 91.0 cm³/mol. The third kappa shape index (κ3) is 5.60. The second-order valence-electron chi connectivity index (χ2n) is 5.45. The maximum absolute atomic E-state index is 12.1. The minimum absolute atomic E-state index is 0.163. The standard InChI is InChI=1S/C17H22N4O2/c1-20(2)11-12-21(3)17(22)19-14-9-10-18-16(13-14)23-15-7-5-4-6-8-15/h4-10,13H,11-12H2,1-3H3,(H,18,19,22). The summed E-state index contributed by atoms with van der Waals surface area (Å²) in [6, 6.07) is 12.7. The Hall–Kier alpha value is -2.60. The molecule has 0 radical (unpaired) electrons. The van der Waals surface area contributed by atoms with Crippen molar-refractivity contribution in [3.05, 3.63) is 48.7 Å². The summed E-state index contributed by atoms with van der Waals surface area (Å²) in [6.45, 7) is 1.46. The summed E-state index contributed by atoms with van der Waals surface area (Å²) < 4.78 is 5.66. The summed E-state index contributed by atoms with van der Waals surface area (Å²) in [7, 11) is 5.71. The number of urea groups is 1. The van der Waals surface area contributed by atoms with Gasteiger partial charge in [0.15, 0.2) is 0 Å². The fourth-order valence-corrected chi connectivity index (χ4v) is 1.82. The van der Waals surface area contributed by atoms with Gasteiger partial charge in [0, 0.05) is 38.1 Å². The predicted octanol–water partition coefficient (Wildman–Crippen LogP) is 2.90. The minimum atomic E-state index is -0.163. The van der Waals surface area contributed by atoms with Gasteiger partial charge in [-0.05, 0) is 32.3 Å². The lowest BCUT2D eigenvalue weighted by molar-refractivity contribution is 0.217. The monoisotopic (exact) mass is 314 g/mol. The van der Waals surface area contributed by atoms with E-state index in [2.05, 4.69) is 10.3 Å². The number of benzene rings is 1. The Kier molecular flexibility index (Phi) is 5.94. The molecule has 1 aromatic heterocycles. The lowest BCUT2D eigenvalue weighted by atomic mass is 10.3. The maximum atomic E-state index is 12.1. The highest BCUT2D eigenvalue weighted by Gasteiger charge is 2.09. The summed E-state index contributed by atoms with van der Waals surface area (Å²) in [5.41, 5.74) is 0.646. The third-order valence-electron chi connectivity index (χ3n) is 3.18. The Labute approximate surface area is 136 Å². The molecule has 1 heterocycles. The Morgan fingerprint density at radius 1 is 1.13 bits per heavy atom. The molecule has 0 spiro atoms. The lowest BCUT2D eigenvalue weighted by Gasteiger charge is -2.20. The van der Waals surface area contributed by atoms with Gasteiger partial charge in [0.1, 0.15) is 5.75 Å². The molecule has 0 aliphatic rings. The smallest absolute Gasteiger partial charge is 0.321 e. The molecule has 0 atom stereocenters. The van der Waals surface area contributed by atoms with Crippen molar-refractivity contribution in [1.82, 2.24) is 14.8 Å². The Morgan fingerprint density at radius 2 is 1.87 bits per heavy atom. The highest BCUT2D eigenvalue weighted by Crippen LogP contribution is 2.21. The molecule has 122 valence electrons. The van der Waals surface area contributed by atoms with Crippen molar-refractivity contribution < 1.29 is 9.53 Å². The number of nitrogens with zero attached hydrogens (tertiary/aromatic N) is 3. The molecule has 1 N–H and O–H groups in total. The lowest BCUT2D eigenvalue weighted by Crippen LogP contribution is -2.36. The molecule has 0 aliphatic carbocycles. The SMILES string of the molecule is CN(C)CCN(C)C(=O)Nc1ccnc(Oc2ccccc2)c1. The molecule has 2 rings (SSSR count). The summed E-state index contributed by atoms with van der Waals surface area (Å²) in [6.07, 6.45) is 1.60. The first-order chi connectivity index (χ1) is 11.0. The van der Waals surface area contributed by atoms with Crippen LogP contribution in [0.1, 0.15) is 0 Å². The van der Waals surface area contributed by atoms with Crippen molar-refractivity contribution in [3.63, 3.8) is 0 Å². The number of likely N-dealkylation sites (N-methyl/N-ethyl adjacent to an activating group) is 2. The van der Waals surface area contributed by atoms with Crippen LogP contribution in [0.5, 0.6) is 11.6 Å². The number of carbonyl (C=O) groups is 1. The van der Waals surface area contributed by atoms with Crippen molar-refractivity contribution >= 4 is 11.7 Å². The highest BCUT2D eigenvalue weighted by atomic mass is 16.5. The maximum Gasteiger partial charge on any atom is 0.321 e. The van der Waals surface area contributed by atoms with Gasteiger partial charge in [-0.2, -0.15) is 0 Å². The molecule has 6 heteroatoms. The number of amides is 2. The van der Waals surface area contributed by atoms with Crippen LogP contribution in [0.3, 0.4) is 0 Å². The van der Waals surface area contributed by atoms with Crippen molar-refractivity contribution in [2.75, 3.05) is 39.5 Å². The van der Waals surface area contributed by atoms with Crippen LogP contribution >= 0.6 is 0 Å². The number of carbonyl (C=O) groups excluding carboxylic acids is 1. The number of rotatable bonds is 6. The number of anilines is 1. The van der Waals surface area contributed by atoms with Crippen LogP contribution in [-0.4, -0.2) is 55.0 Å². The number of pyridine rings is 1. The van der Waals surface area contributed by atoms with Gasteiger partial charge in [-0.1, -0.05) is 18.2 Å². The highest BCUT2D eigenvalue weighted by molar-refractivity contribution is 5.89. The molecule has 23 heavy (non-hydrogen) atoms. The van der Waals surface area contributed by atoms with Gasteiger partial charge >= 0.3 is 6.03 Å². The fourth-order valence-electron chi connectivity index (χ4n) is 1.82. The number of hydrogen-bond acceptors (Lipinski definition) is 4. The molecule has 0 bridgehead atoms. The van der Waals surface area contributed by atoms with Crippen molar-refractivity contribution in [2.24, 2.45) is 0 Å². The molecular formula is C17H22N4O2. The van der Waals surface area contributed by atoms with E-state index in [4.69, 9.17) is 4.74 Å². The Balaban J connectivity index is 1.95. The molecular weight excluding hydrogens is 292 g/mol. The second kappa shape index (κ2) is 8.14. The van der Waals surface area contributed by atoms with Crippen LogP contribution in [-0.2, 0) is 0 Å². The van der Waals surface area contributed by atoms with Crippen LogP contribution in [0.15, 0.2) is 48.7 Å². The fraction of sp³-hybridized carbons (Fsp3) is 0.294. The van der Waals surface area contributed by atoms with E-state index in [0.29, 0.717) is 23.9 Å². The summed E-state index contributed by atoms with van der Waals surface area (Å²) in [4.78, 5) is 19.9. The Bertz CT molecular complexity index is 632. The summed E-state index contributed by atoms with van der Waals surface area (Å²) >= 11 is 0. The molecule has 0 saturated carbocycles. The first kappa shape index (κ1) is 16.8. The average molecular weight is 314 g/mol. The Morgan fingerprint density at radius 3 is 2.57 bits per heavy atom. The van der Waals surface area contributed by atoms with E-state index in [9.17, 15) is 4.79 Å².